The molecule has 0 aliphatic carbocycles. The molecule has 2 nitrogen and oxygen atoms in total. The van der Waals surface area contributed by atoms with Gasteiger partial charge in [-0.05, 0) is 42.2 Å². The van der Waals surface area contributed by atoms with Crippen molar-refractivity contribution < 1.29 is 4.42 Å². The molecule has 0 saturated carbocycles. The smallest absolute Gasteiger partial charge is 0.152 e. The third-order valence-electron chi connectivity index (χ3n) is 3.55. The van der Waals surface area contributed by atoms with E-state index >= 15 is 0 Å². The Hall–Kier alpha value is -2.09. The molecule has 2 heterocycles. The van der Waals surface area contributed by atoms with Gasteiger partial charge < -0.3 is 4.42 Å². The van der Waals surface area contributed by atoms with Gasteiger partial charge in [-0.15, -0.1) is 0 Å². The fourth-order valence-electron chi connectivity index (χ4n) is 2.38. The zero-order valence-electron chi connectivity index (χ0n) is 12.4. The van der Waals surface area contributed by atoms with Crippen LogP contribution in [0.3, 0.4) is 0 Å². The minimum Gasteiger partial charge on any atom is -0.463 e. The average molecular weight is 265 g/mol. The topological polar surface area (TPSA) is 26.0 Å². The number of rotatable bonds is 1. The maximum Gasteiger partial charge on any atom is 0.152 e. The van der Waals surface area contributed by atoms with Crippen molar-refractivity contribution in [1.29, 1.82) is 0 Å². The summed E-state index contributed by atoms with van der Waals surface area (Å²) in [7, 11) is 0. The highest BCUT2D eigenvalue weighted by Gasteiger charge is 2.15. The summed E-state index contributed by atoms with van der Waals surface area (Å²) in [5.74, 6) is 0. The van der Waals surface area contributed by atoms with E-state index < -0.39 is 0 Å². The van der Waals surface area contributed by atoms with Crippen molar-refractivity contribution in [3.63, 3.8) is 0 Å². The van der Waals surface area contributed by atoms with E-state index in [0.717, 1.165) is 22.4 Å². The van der Waals surface area contributed by atoms with Crippen molar-refractivity contribution in [2.24, 2.45) is 0 Å². The van der Waals surface area contributed by atoms with Gasteiger partial charge in [0.15, 0.2) is 5.58 Å². The fourth-order valence-corrected chi connectivity index (χ4v) is 2.38. The second-order valence-electron chi connectivity index (χ2n) is 6.34. The van der Waals surface area contributed by atoms with Crippen molar-refractivity contribution >= 4 is 11.1 Å². The van der Waals surface area contributed by atoms with Crippen LogP contribution in [0.1, 0.15) is 31.9 Å². The molecule has 0 unspecified atom stereocenters. The van der Waals surface area contributed by atoms with Gasteiger partial charge in [-0.2, -0.15) is 0 Å². The first-order chi connectivity index (χ1) is 9.43. The Balaban J connectivity index is 2.15. The SMILES string of the molecule is Cc1cc(-c2ccc3occc3n2)cc(C(C)(C)C)c1. The van der Waals surface area contributed by atoms with E-state index in [1.807, 2.05) is 18.2 Å². The Kier molecular flexibility index (Phi) is 2.89. The van der Waals surface area contributed by atoms with Crippen molar-refractivity contribution in [2.75, 3.05) is 0 Å². The van der Waals surface area contributed by atoms with Crippen LogP contribution < -0.4 is 0 Å². The van der Waals surface area contributed by atoms with Crippen LogP contribution in [0, 0.1) is 6.92 Å². The monoisotopic (exact) mass is 265 g/mol. The maximum absolute atomic E-state index is 5.35. The maximum atomic E-state index is 5.35. The fraction of sp³-hybridized carbons (Fsp3) is 0.278. The van der Waals surface area contributed by atoms with Gasteiger partial charge in [0.25, 0.3) is 0 Å². The normalized spacial score (nSPS) is 12.0. The predicted octanol–water partition coefficient (Wildman–Crippen LogP) is 5.10. The molecule has 2 aromatic heterocycles. The number of furan rings is 1. The summed E-state index contributed by atoms with van der Waals surface area (Å²) in [4.78, 5) is 4.68. The lowest BCUT2D eigenvalue weighted by molar-refractivity contribution is 0.590. The summed E-state index contributed by atoms with van der Waals surface area (Å²) in [6, 6.07) is 12.6. The zero-order valence-corrected chi connectivity index (χ0v) is 12.4. The number of aromatic nitrogens is 1. The quantitative estimate of drug-likeness (QED) is 0.611. The minimum absolute atomic E-state index is 0.139. The minimum atomic E-state index is 0.139. The van der Waals surface area contributed by atoms with Crippen LogP contribution in [-0.4, -0.2) is 4.98 Å². The van der Waals surface area contributed by atoms with Gasteiger partial charge in [-0.3, -0.25) is 0 Å². The summed E-state index contributed by atoms with van der Waals surface area (Å²) in [6.07, 6.45) is 1.68. The number of fused-ring (bicyclic) bond motifs is 1. The Bertz CT molecular complexity index is 762. The highest BCUT2D eigenvalue weighted by molar-refractivity contribution is 5.76. The molecule has 20 heavy (non-hydrogen) atoms. The molecule has 0 spiro atoms. The summed E-state index contributed by atoms with van der Waals surface area (Å²) >= 11 is 0. The molecule has 2 heteroatoms. The molecule has 0 atom stereocenters. The first-order valence-electron chi connectivity index (χ1n) is 6.90. The van der Waals surface area contributed by atoms with Gasteiger partial charge in [-0.25, -0.2) is 4.98 Å². The number of pyridine rings is 1. The standard InChI is InChI=1S/C18H19NO/c1-12-9-13(11-14(10-12)18(2,3)4)15-5-6-17-16(19-15)7-8-20-17/h5-11H,1-4H3. The highest BCUT2D eigenvalue weighted by Crippen LogP contribution is 2.29. The van der Waals surface area contributed by atoms with Crippen LogP contribution in [-0.2, 0) is 5.41 Å². The van der Waals surface area contributed by atoms with Crippen molar-refractivity contribution in [3.05, 3.63) is 53.8 Å². The van der Waals surface area contributed by atoms with E-state index in [1.54, 1.807) is 6.26 Å². The molecule has 0 saturated heterocycles. The Labute approximate surface area is 119 Å². The van der Waals surface area contributed by atoms with Gasteiger partial charge in [0.2, 0.25) is 0 Å². The van der Waals surface area contributed by atoms with Crippen LogP contribution >= 0.6 is 0 Å². The van der Waals surface area contributed by atoms with Crippen LogP contribution in [0.25, 0.3) is 22.4 Å². The van der Waals surface area contributed by atoms with E-state index in [1.165, 1.54) is 11.1 Å². The van der Waals surface area contributed by atoms with Crippen molar-refractivity contribution in [1.82, 2.24) is 4.98 Å². The molecule has 3 aromatic rings. The van der Waals surface area contributed by atoms with Gasteiger partial charge in [0.1, 0.15) is 5.52 Å². The van der Waals surface area contributed by atoms with Crippen LogP contribution in [0.15, 0.2) is 47.1 Å². The number of hydrogen-bond acceptors (Lipinski definition) is 2. The lowest BCUT2D eigenvalue weighted by Crippen LogP contribution is -2.11. The molecule has 0 aliphatic heterocycles. The number of nitrogens with zero attached hydrogens (tertiary/aromatic N) is 1. The average Bonchev–Trinajstić information content (AvgIpc) is 2.84. The first kappa shape index (κ1) is 12.9. The summed E-state index contributed by atoms with van der Waals surface area (Å²) in [5, 5.41) is 0. The molecule has 0 fully saturated rings. The van der Waals surface area contributed by atoms with Crippen LogP contribution in [0.4, 0.5) is 0 Å². The van der Waals surface area contributed by atoms with Crippen molar-refractivity contribution in [2.45, 2.75) is 33.1 Å². The van der Waals surface area contributed by atoms with Gasteiger partial charge in [0, 0.05) is 11.6 Å². The Morgan fingerprint density at radius 1 is 1.00 bits per heavy atom. The lowest BCUT2D eigenvalue weighted by atomic mass is 9.85. The van der Waals surface area contributed by atoms with Crippen LogP contribution in [0.5, 0.6) is 0 Å². The summed E-state index contributed by atoms with van der Waals surface area (Å²) < 4.78 is 5.35. The Morgan fingerprint density at radius 3 is 2.55 bits per heavy atom. The predicted molar refractivity (Wildman–Crippen MR) is 82.9 cm³/mol. The summed E-state index contributed by atoms with van der Waals surface area (Å²) in [6.45, 7) is 8.84. The zero-order chi connectivity index (χ0) is 14.3. The lowest BCUT2D eigenvalue weighted by Gasteiger charge is -2.20. The van der Waals surface area contributed by atoms with E-state index in [4.69, 9.17) is 4.42 Å². The third kappa shape index (κ3) is 2.34. The van der Waals surface area contributed by atoms with E-state index in [2.05, 4.69) is 50.9 Å². The van der Waals surface area contributed by atoms with E-state index in [-0.39, 0.29) is 5.41 Å². The third-order valence-corrected chi connectivity index (χ3v) is 3.55. The molecule has 102 valence electrons. The molecule has 0 amide bonds. The first-order valence-corrected chi connectivity index (χ1v) is 6.90. The second kappa shape index (κ2) is 4.48. The number of benzene rings is 1. The second-order valence-corrected chi connectivity index (χ2v) is 6.34. The van der Waals surface area contributed by atoms with Gasteiger partial charge in [-0.1, -0.05) is 32.4 Å². The number of hydrogen-bond donors (Lipinski definition) is 0. The molecule has 0 radical (unpaired) electrons. The molecule has 0 aliphatic rings. The molecule has 3 rings (SSSR count). The largest absolute Gasteiger partial charge is 0.463 e. The molecular weight excluding hydrogens is 246 g/mol. The summed E-state index contributed by atoms with van der Waals surface area (Å²) in [5.41, 5.74) is 6.63. The molecule has 0 N–H and O–H groups in total. The Morgan fingerprint density at radius 2 is 1.80 bits per heavy atom. The van der Waals surface area contributed by atoms with Crippen molar-refractivity contribution in [3.8, 4) is 11.3 Å². The highest BCUT2D eigenvalue weighted by atomic mass is 16.3. The van der Waals surface area contributed by atoms with Gasteiger partial charge in [0.05, 0.1) is 12.0 Å². The van der Waals surface area contributed by atoms with E-state index in [9.17, 15) is 0 Å². The molecule has 1 aromatic carbocycles. The van der Waals surface area contributed by atoms with Gasteiger partial charge >= 0.3 is 0 Å². The number of aryl methyl sites for hydroxylation is 1. The van der Waals surface area contributed by atoms with Crippen LogP contribution in [0.2, 0.25) is 0 Å². The molecular formula is C18H19NO. The molecule has 0 bridgehead atoms. The van der Waals surface area contributed by atoms with E-state index in [0.29, 0.717) is 0 Å².